The van der Waals surface area contributed by atoms with Crippen molar-refractivity contribution in [1.82, 2.24) is 4.98 Å². The molecule has 0 bridgehead atoms. The smallest absolute Gasteiger partial charge is 0.239 e. The number of benzene rings is 2. The van der Waals surface area contributed by atoms with Crippen LogP contribution >= 0.6 is 23.1 Å². The van der Waals surface area contributed by atoms with Gasteiger partial charge in [-0.15, -0.1) is 11.8 Å². The van der Waals surface area contributed by atoms with Crippen LogP contribution in [0.25, 0.3) is 10.2 Å². The van der Waals surface area contributed by atoms with Gasteiger partial charge in [-0.3, -0.25) is 9.59 Å². The Hall–Kier alpha value is -2.38. The quantitative estimate of drug-likeness (QED) is 0.710. The summed E-state index contributed by atoms with van der Waals surface area (Å²) in [5, 5.41) is 6.15. The van der Waals surface area contributed by atoms with Gasteiger partial charge in [-0.2, -0.15) is 0 Å². The molecule has 2 amide bonds. The first-order chi connectivity index (χ1) is 12.5. The van der Waals surface area contributed by atoms with E-state index < -0.39 is 0 Å². The number of aryl methyl sites for hydroxylation is 1. The maximum Gasteiger partial charge on any atom is 0.239 e. The van der Waals surface area contributed by atoms with Crippen LogP contribution in [0.15, 0.2) is 41.3 Å². The first-order valence-corrected chi connectivity index (χ1v) is 9.93. The van der Waals surface area contributed by atoms with Crippen molar-refractivity contribution in [3.63, 3.8) is 0 Å². The number of nitrogens with one attached hydrogen (secondary N) is 2. The lowest BCUT2D eigenvalue weighted by Gasteiger charge is -2.07. The third-order valence-electron chi connectivity index (χ3n) is 4.13. The van der Waals surface area contributed by atoms with Crippen LogP contribution in [-0.4, -0.2) is 22.0 Å². The van der Waals surface area contributed by atoms with Gasteiger partial charge in [-0.25, -0.2) is 4.98 Å². The molecule has 0 saturated carbocycles. The van der Waals surface area contributed by atoms with Crippen LogP contribution in [0, 0.1) is 6.92 Å². The molecule has 3 aromatic rings. The maximum atomic E-state index is 12.6. The lowest BCUT2D eigenvalue weighted by molar-refractivity contribution is -0.116. The van der Waals surface area contributed by atoms with Crippen LogP contribution in [0.5, 0.6) is 0 Å². The monoisotopic (exact) mass is 383 g/mol. The van der Waals surface area contributed by atoms with Crippen LogP contribution in [0.1, 0.15) is 18.1 Å². The fourth-order valence-corrected chi connectivity index (χ4v) is 5.13. The average molecular weight is 383 g/mol. The molecule has 7 heteroatoms. The number of fused-ring (bicyclic) bond motifs is 2. The second-order valence-electron chi connectivity index (χ2n) is 6.29. The molecule has 0 saturated heterocycles. The number of thioether (sulfide) groups is 1. The second kappa shape index (κ2) is 6.74. The van der Waals surface area contributed by atoms with E-state index in [9.17, 15) is 9.59 Å². The number of anilines is 2. The zero-order valence-electron chi connectivity index (χ0n) is 14.3. The molecular formula is C19H17N3O2S2. The minimum absolute atomic E-state index is 0.0232. The molecule has 1 aliphatic rings. The topological polar surface area (TPSA) is 71.1 Å². The van der Waals surface area contributed by atoms with E-state index in [1.807, 2.05) is 12.1 Å². The third kappa shape index (κ3) is 3.45. The van der Waals surface area contributed by atoms with Crippen molar-refractivity contribution >= 4 is 55.9 Å². The normalized spacial score (nSPS) is 15.7. The van der Waals surface area contributed by atoms with Gasteiger partial charge in [-0.05, 0) is 43.2 Å². The second-order valence-corrected chi connectivity index (χ2v) is 8.57. The highest BCUT2D eigenvalue weighted by Crippen LogP contribution is 2.38. The van der Waals surface area contributed by atoms with E-state index in [4.69, 9.17) is 0 Å². The van der Waals surface area contributed by atoms with E-state index in [0.717, 1.165) is 22.3 Å². The summed E-state index contributed by atoms with van der Waals surface area (Å²) in [7, 11) is 0. The highest BCUT2D eigenvalue weighted by Gasteiger charge is 2.28. The SMILES string of the molecule is CC(=O)Nc1ccc2nc(NC(=O)C3Cc4ccc(C)cc4S3)sc2c1. The Morgan fingerprint density at radius 1 is 1.15 bits per heavy atom. The van der Waals surface area contributed by atoms with Crippen LogP contribution in [0.3, 0.4) is 0 Å². The summed E-state index contributed by atoms with van der Waals surface area (Å²) in [6.45, 7) is 3.53. The van der Waals surface area contributed by atoms with Crippen molar-refractivity contribution in [1.29, 1.82) is 0 Å². The van der Waals surface area contributed by atoms with E-state index in [1.165, 1.54) is 34.3 Å². The number of aromatic nitrogens is 1. The Kier molecular flexibility index (Phi) is 4.42. The molecule has 26 heavy (non-hydrogen) atoms. The molecule has 2 heterocycles. The van der Waals surface area contributed by atoms with Gasteiger partial charge in [0.1, 0.15) is 0 Å². The summed E-state index contributed by atoms with van der Waals surface area (Å²) >= 11 is 3.02. The Balaban J connectivity index is 1.49. The van der Waals surface area contributed by atoms with Crippen molar-refractivity contribution in [3.8, 4) is 0 Å². The number of carbonyl (C=O) groups excluding carboxylic acids is 2. The number of thiazole rings is 1. The molecule has 4 rings (SSSR count). The third-order valence-corrected chi connectivity index (χ3v) is 6.36. The van der Waals surface area contributed by atoms with Crippen LogP contribution < -0.4 is 10.6 Å². The molecule has 0 fully saturated rings. The summed E-state index contributed by atoms with van der Waals surface area (Å²) in [5.41, 5.74) is 3.96. The Bertz CT molecular complexity index is 1030. The first kappa shape index (κ1) is 17.1. The largest absolute Gasteiger partial charge is 0.326 e. The summed E-state index contributed by atoms with van der Waals surface area (Å²) in [4.78, 5) is 29.5. The Morgan fingerprint density at radius 2 is 2.00 bits per heavy atom. The summed E-state index contributed by atoms with van der Waals surface area (Å²) in [6, 6.07) is 11.8. The van der Waals surface area contributed by atoms with E-state index in [-0.39, 0.29) is 17.1 Å². The molecule has 1 unspecified atom stereocenters. The Labute approximate surface area is 159 Å². The fourth-order valence-electron chi connectivity index (χ4n) is 2.93. The average Bonchev–Trinajstić information content (AvgIpc) is 3.16. The van der Waals surface area contributed by atoms with Crippen LogP contribution in [-0.2, 0) is 16.0 Å². The number of hydrogen-bond acceptors (Lipinski definition) is 5. The van der Waals surface area contributed by atoms with E-state index >= 15 is 0 Å². The summed E-state index contributed by atoms with van der Waals surface area (Å²) < 4.78 is 0.921. The predicted molar refractivity (Wildman–Crippen MR) is 107 cm³/mol. The zero-order valence-corrected chi connectivity index (χ0v) is 16.0. The maximum absolute atomic E-state index is 12.6. The van der Waals surface area contributed by atoms with Crippen molar-refractivity contribution in [2.24, 2.45) is 0 Å². The minimum Gasteiger partial charge on any atom is -0.326 e. The molecule has 0 spiro atoms. The van der Waals surface area contributed by atoms with Gasteiger partial charge < -0.3 is 10.6 Å². The molecule has 2 aromatic carbocycles. The highest BCUT2D eigenvalue weighted by atomic mass is 32.2. The predicted octanol–water partition coefficient (Wildman–Crippen LogP) is 4.22. The molecule has 1 aromatic heterocycles. The van der Waals surface area contributed by atoms with Gasteiger partial charge in [0.05, 0.1) is 15.5 Å². The first-order valence-electron chi connectivity index (χ1n) is 8.23. The number of carbonyl (C=O) groups is 2. The molecule has 1 aliphatic heterocycles. The van der Waals surface area contributed by atoms with Gasteiger partial charge in [0.15, 0.2) is 5.13 Å². The van der Waals surface area contributed by atoms with Gasteiger partial charge in [-0.1, -0.05) is 29.0 Å². The highest BCUT2D eigenvalue weighted by molar-refractivity contribution is 8.01. The zero-order chi connectivity index (χ0) is 18.3. The van der Waals surface area contributed by atoms with Gasteiger partial charge >= 0.3 is 0 Å². The number of rotatable bonds is 3. The van der Waals surface area contributed by atoms with Crippen molar-refractivity contribution in [2.45, 2.75) is 30.4 Å². The van der Waals surface area contributed by atoms with Crippen molar-refractivity contribution in [2.75, 3.05) is 10.6 Å². The van der Waals surface area contributed by atoms with Gasteiger partial charge in [0.2, 0.25) is 11.8 Å². The van der Waals surface area contributed by atoms with Crippen molar-refractivity contribution < 1.29 is 9.59 Å². The molecule has 5 nitrogen and oxygen atoms in total. The molecule has 2 N–H and O–H groups in total. The number of nitrogens with zero attached hydrogens (tertiary/aromatic N) is 1. The van der Waals surface area contributed by atoms with Crippen LogP contribution in [0.2, 0.25) is 0 Å². The van der Waals surface area contributed by atoms with E-state index in [1.54, 1.807) is 17.8 Å². The van der Waals surface area contributed by atoms with Gasteiger partial charge in [0, 0.05) is 17.5 Å². The number of hydrogen-bond donors (Lipinski definition) is 2. The van der Waals surface area contributed by atoms with E-state index in [0.29, 0.717) is 5.13 Å². The molecule has 132 valence electrons. The minimum atomic E-state index is -0.131. The fraction of sp³-hybridized carbons (Fsp3) is 0.211. The summed E-state index contributed by atoms with van der Waals surface area (Å²) in [6.07, 6.45) is 0.740. The molecule has 0 radical (unpaired) electrons. The Morgan fingerprint density at radius 3 is 2.81 bits per heavy atom. The van der Waals surface area contributed by atoms with Gasteiger partial charge in [0.25, 0.3) is 0 Å². The standard InChI is InChI=1S/C19H17N3O2S2/c1-10-3-4-12-8-17(25-15(12)7-10)18(24)22-19-21-14-6-5-13(20-11(2)23)9-16(14)26-19/h3-7,9,17H,8H2,1-2H3,(H,20,23)(H,21,22,24). The number of amides is 2. The summed E-state index contributed by atoms with van der Waals surface area (Å²) in [5.74, 6) is -0.138. The molecule has 0 aliphatic carbocycles. The molecule has 1 atom stereocenters. The van der Waals surface area contributed by atoms with Crippen molar-refractivity contribution in [3.05, 3.63) is 47.5 Å². The lowest BCUT2D eigenvalue weighted by atomic mass is 10.1. The molecular weight excluding hydrogens is 366 g/mol. The lowest BCUT2D eigenvalue weighted by Crippen LogP contribution is -2.24. The van der Waals surface area contributed by atoms with Crippen LogP contribution in [0.4, 0.5) is 10.8 Å². The van der Waals surface area contributed by atoms with E-state index in [2.05, 4.69) is 40.7 Å².